The topological polar surface area (TPSA) is 62.3 Å². The van der Waals surface area contributed by atoms with Crippen molar-refractivity contribution in [1.29, 1.82) is 0 Å². The van der Waals surface area contributed by atoms with E-state index in [1.54, 1.807) is 17.2 Å². The molecular formula is C19H21N3O2S. The molecule has 0 spiro atoms. The molecule has 5 nitrogen and oxygen atoms in total. The van der Waals surface area contributed by atoms with Crippen LogP contribution >= 0.6 is 11.3 Å². The van der Waals surface area contributed by atoms with Crippen molar-refractivity contribution < 1.29 is 9.59 Å². The Balaban J connectivity index is 1.48. The number of anilines is 1. The summed E-state index contributed by atoms with van der Waals surface area (Å²) in [4.78, 5) is 31.6. The highest BCUT2D eigenvalue weighted by molar-refractivity contribution is 7.15. The number of carbonyl (C=O) groups is 2. The minimum absolute atomic E-state index is 0.00118. The number of amides is 2. The average molecular weight is 355 g/mol. The largest absolute Gasteiger partial charge is 0.339 e. The fraction of sp³-hybridized carbons (Fsp3) is 0.316. The second-order valence-corrected chi connectivity index (χ2v) is 7.34. The van der Waals surface area contributed by atoms with E-state index in [1.807, 2.05) is 43.3 Å². The first-order chi connectivity index (χ1) is 12.1. The summed E-state index contributed by atoms with van der Waals surface area (Å²) in [7, 11) is 0. The van der Waals surface area contributed by atoms with Gasteiger partial charge in [-0.05, 0) is 31.4 Å². The third-order valence-electron chi connectivity index (χ3n) is 4.25. The fourth-order valence-corrected chi connectivity index (χ4v) is 3.49. The van der Waals surface area contributed by atoms with Gasteiger partial charge in [0.25, 0.3) is 0 Å². The highest BCUT2D eigenvalue weighted by Crippen LogP contribution is 2.22. The Hall–Kier alpha value is -2.47. The Bertz CT molecular complexity index is 762. The number of hydrogen-bond donors (Lipinski definition) is 1. The van der Waals surface area contributed by atoms with E-state index in [9.17, 15) is 9.59 Å². The lowest BCUT2D eigenvalue weighted by Gasteiger charge is -2.30. The molecule has 1 aliphatic heterocycles. The van der Waals surface area contributed by atoms with Crippen molar-refractivity contribution in [2.24, 2.45) is 5.92 Å². The molecule has 2 amide bonds. The lowest BCUT2D eigenvalue weighted by Crippen LogP contribution is -2.40. The smallest absolute Gasteiger partial charge is 0.246 e. The maximum Gasteiger partial charge on any atom is 0.246 e. The number of carbonyl (C=O) groups excluding carboxylic acids is 2. The molecule has 2 heterocycles. The Morgan fingerprint density at radius 1 is 1.24 bits per heavy atom. The van der Waals surface area contributed by atoms with Gasteiger partial charge in [0.1, 0.15) is 0 Å². The van der Waals surface area contributed by atoms with Crippen LogP contribution in [0.15, 0.2) is 42.6 Å². The van der Waals surface area contributed by atoms with Gasteiger partial charge in [-0.15, -0.1) is 11.3 Å². The van der Waals surface area contributed by atoms with E-state index in [0.29, 0.717) is 31.1 Å². The molecule has 0 radical (unpaired) electrons. The lowest BCUT2D eigenvalue weighted by molar-refractivity contribution is -0.130. The van der Waals surface area contributed by atoms with Crippen molar-refractivity contribution in [3.63, 3.8) is 0 Å². The fourth-order valence-electron chi connectivity index (χ4n) is 2.82. The Labute approximate surface area is 151 Å². The van der Waals surface area contributed by atoms with Gasteiger partial charge in [-0.1, -0.05) is 30.3 Å². The van der Waals surface area contributed by atoms with Gasteiger partial charge >= 0.3 is 0 Å². The van der Waals surface area contributed by atoms with Gasteiger partial charge in [0.15, 0.2) is 5.13 Å². The third kappa shape index (κ3) is 4.76. The number of piperidine rings is 1. The van der Waals surface area contributed by atoms with E-state index in [2.05, 4.69) is 10.3 Å². The van der Waals surface area contributed by atoms with Gasteiger partial charge in [-0.2, -0.15) is 0 Å². The van der Waals surface area contributed by atoms with Gasteiger partial charge in [0, 0.05) is 36.2 Å². The molecule has 1 fully saturated rings. The third-order valence-corrected chi connectivity index (χ3v) is 5.07. The van der Waals surface area contributed by atoms with Gasteiger partial charge in [-0.3, -0.25) is 9.59 Å². The summed E-state index contributed by atoms with van der Waals surface area (Å²) in [6.07, 6.45) is 6.54. The minimum Gasteiger partial charge on any atom is -0.339 e. The zero-order valence-corrected chi connectivity index (χ0v) is 15.0. The maximum atomic E-state index is 12.3. The first kappa shape index (κ1) is 17.4. The van der Waals surface area contributed by atoms with Crippen LogP contribution in [0.5, 0.6) is 0 Å². The number of aromatic nitrogens is 1. The molecule has 0 aliphatic carbocycles. The molecule has 1 aromatic heterocycles. The van der Waals surface area contributed by atoms with Gasteiger partial charge < -0.3 is 10.2 Å². The zero-order chi connectivity index (χ0) is 17.6. The first-order valence-electron chi connectivity index (χ1n) is 8.37. The van der Waals surface area contributed by atoms with E-state index in [-0.39, 0.29) is 17.7 Å². The van der Waals surface area contributed by atoms with E-state index in [1.165, 1.54) is 11.3 Å². The predicted molar refractivity (Wildman–Crippen MR) is 100 cm³/mol. The standard InChI is InChI=1S/C19H21N3O2S/c1-14-13-20-19(25-14)21-18(24)16-9-11-22(12-10-16)17(23)8-7-15-5-3-2-4-6-15/h2-8,13,16H,9-12H2,1H3,(H,20,21,24)/b8-7-. The van der Waals surface area contributed by atoms with Crippen LogP contribution in [0.25, 0.3) is 6.08 Å². The van der Waals surface area contributed by atoms with Gasteiger partial charge in [0.2, 0.25) is 11.8 Å². The van der Waals surface area contributed by atoms with Gasteiger partial charge in [0.05, 0.1) is 0 Å². The molecule has 1 N–H and O–H groups in total. The highest BCUT2D eigenvalue weighted by atomic mass is 32.1. The monoisotopic (exact) mass is 355 g/mol. The van der Waals surface area contributed by atoms with E-state index in [0.717, 1.165) is 10.4 Å². The number of nitrogens with zero attached hydrogens (tertiary/aromatic N) is 2. The van der Waals surface area contributed by atoms with Crippen LogP contribution in [0.3, 0.4) is 0 Å². The summed E-state index contributed by atoms with van der Waals surface area (Å²) < 4.78 is 0. The molecule has 25 heavy (non-hydrogen) atoms. The van der Waals surface area contributed by atoms with Crippen molar-refractivity contribution in [1.82, 2.24) is 9.88 Å². The second-order valence-electron chi connectivity index (χ2n) is 6.11. The molecular weight excluding hydrogens is 334 g/mol. The van der Waals surface area contributed by atoms with Crippen LogP contribution < -0.4 is 5.32 Å². The van der Waals surface area contributed by atoms with Crippen molar-refractivity contribution in [2.45, 2.75) is 19.8 Å². The highest BCUT2D eigenvalue weighted by Gasteiger charge is 2.27. The van der Waals surface area contributed by atoms with Crippen LogP contribution in [0.2, 0.25) is 0 Å². The van der Waals surface area contributed by atoms with Gasteiger partial charge in [-0.25, -0.2) is 4.98 Å². The molecule has 130 valence electrons. The lowest BCUT2D eigenvalue weighted by atomic mass is 9.96. The summed E-state index contributed by atoms with van der Waals surface area (Å²) in [5, 5.41) is 3.52. The molecule has 1 aliphatic rings. The molecule has 1 aromatic carbocycles. The van der Waals surface area contributed by atoms with Crippen LogP contribution in [0, 0.1) is 12.8 Å². The SMILES string of the molecule is Cc1cnc(NC(=O)C2CCN(C(=O)/C=C\c3ccccc3)CC2)s1. The molecule has 0 saturated carbocycles. The number of aryl methyl sites for hydroxylation is 1. The van der Waals surface area contributed by atoms with Crippen LogP contribution in [-0.2, 0) is 9.59 Å². The van der Waals surface area contributed by atoms with Crippen molar-refractivity contribution in [3.8, 4) is 0 Å². The summed E-state index contributed by atoms with van der Waals surface area (Å²) in [6, 6.07) is 9.75. The molecule has 0 unspecified atom stereocenters. The van der Waals surface area contributed by atoms with Crippen LogP contribution in [0.4, 0.5) is 5.13 Å². The van der Waals surface area contributed by atoms with E-state index >= 15 is 0 Å². The van der Waals surface area contributed by atoms with Crippen LogP contribution in [-0.4, -0.2) is 34.8 Å². The molecule has 0 bridgehead atoms. The molecule has 3 rings (SSSR count). The van der Waals surface area contributed by atoms with Crippen molar-refractivity contribution in [3.05, 3.63) is 53.0 Å². The normalized spacial score (nSPS) is 15.5. The Morgan fingerprint density at radius 3 is 2.60 bits per heavy atom. The number of nitrogens with one attached hydrogen (secondary N) is 1. The number of hydrogen-bond acceptors (Lipinski definition) is 4. The Kier molecular flexibility index (Phi) is 5.60. The molecule has 0 atom stereocenters. The Morgan fingerprint density at radius 2 is 1.96 bits per heavy atom. The molecule has 6 heteroatoms. The average Bonchev–Trinajstić information content (AvgIpc) is 3.05. The number of likely N-dealkylation sites (tertiary alicyclic amines) is 1. The predicted octanol–water partition coefficient (Wildman–Crippen LogP) is 3.34. The second kappa shape index (κ2) is 8.07. The van der Waals surface area contributed by atoms with Crippen molar-refractivity contribution >= 4 is 34.4 Å². The minimum atomic E-state index is -0.0636. The maximum absolute atomic E-state index is 12.3. The van der Waals surface area contributed by atoms with Crippen molar-refractivity contribution in [2.75, 3.05) is 18.4 Å². The number of rotatable bonds is 4. The molecule has 2 aromatic rings. The first-order valence-corrected chi connectivity index (χ1v) is 9.19. The summed E-state index contributed by atoms with van der Waals surface area (Å²) >= 11 is 1.47. The summed E-state index contributed by atoms with van der Waals surface area (Å²) in [5.41, 5.74) is 1.00. The number of thiazole rings is 1. The summed E-state index contributed by atoms with van der Waals surface area (Å²) in [5.74, 6) is -0.0640. The van der Waals surface area contributed by atoms with E-state index < -0.39 is 0 Å². The van der Waals surface area contributed by atoms with E-state index in [4.69, 9.17) is 0 Å². The summed E-state index contributed by atoms with van der Waals surface area (Å²) in [6.45, 7) is 3.17. The number of benzene rings is 1. The quantitative estimate of drug-likeness (QED) is 0.856. The van der Waals surface area contributed by atoms with Crippen LogP contribution in [0.1, 0.15) is 23.3 Å². The molecule has 1 saturated heterocycles. The zero-order valence-electron chi connectivity index (χ0n) is 14.1.